The number of nitrogens with zero attached hydrogens (tertiary/aromatic N) is 2. The minimum absolute atomic E-state index is 0.0158. The molecule has 1 aromatic carbocycles. The van der Waals surface area contributed by atoms with Crippen molar-refractivity contribution >= 4 is 5.96 Å². The summed E-state index contributed by atoms with van der Waals surface area (Å²) in [6.07, 6.45) is 0. The second kappa shape index (κ2) is 9.66. The quantitative estimate of drug-likeness (QED) is 0.585. The summed E-state index contributed by atoms with van der Waals surface area (Å²) in [4.78, 5) is 6.48. The molecule has 6 nitrogen and oxygen atoms in total. The van der Waals surface area contributed by atoms with Crippen molar-refractivity contribution in [3.63, 3.8) is 0 Å². The van der Waals surface area contributed by atoms with Gasteiger partial charge >= 0.3 is 0 Å². The molecule has 0 aliphatic carbocycles. The molecule has 2 heterocycles. The smallest absolute Gasteiger partial charge is 0.191 e. The molecule has 0 bridgehead atoms. The Bertz CT molecular complexity index is 803. The van der Waals surface area contributed by atoms with Gasteiger partial charge in [-0.1, -0.05) is 0 Å². The Hall–Kier alpha value is -2.45. The van der Waals surface area contributed by atoms with Gasteiger partial charge in [0, 0.05) is 38.8 Å². The van der Waals surface area contributed by atoms with Crippen molar-refractivity contribution in [3.05, 3.63) is 59.1 Å². The van der Waals surface area contributed by atoms with E-state index in [-0.39, 0.29) is 18.2 Å². The number of hydrogen-bond donors (Lipinski definition) is 2. The van der Waals surface area contributed by atoms with Crippen LogP contribution in [-0.2, 0) is 11.3 Å². The van der Waals surface area contributed by atoms with Gasteiger partial charge in [0.05, 0.1) is 19.3 Å². The summed E-state index contributed by atoms with van der Waals surface area (Å²) in [6.45, 7) is 5.59. The molecule has 0 amide bonds. The van der Waals surface area contributed by atoms with Crippen LogP contribution in [0.2, 0.25) is 0 Å². The lowest BCUT2D eigenvalue weighted by molar-refractivity contribution is 0.0124. The van der Waals surface area contributed by atoms with Gasteiger partial charge in [0.2, 0.25) is 0 Å². The third-order valence-corrected chi connectivity index (χ3v) is 4.72. The Balaban J connectivity index is 1.62. The van der Waals surface area contributed by atoms with Crippen LogP contribution < -0.4 is 10.6 Å². The fraction of sp³-hybridized carbons (Fsp3) is 0.450. The maximum atomic E-state index is 13.8. The summed E-state index contributed by atoms with van der Waals surface area (Å²) in [5.74, 6) is 1.31. The Kier molecular flexibility index (Phi) is 7.00. The van der Waals surface area contributed by atoms with Crippen LogP contribution in [-0.4, -0.2) is 50.8 Å². The molecule has 2 N–H and O–H groups in total. The zero-order valence-corrected chi connectivity index (χ0v) is 16.2. The molecule has 2 aromatic rings. The summed E-state index contributed by atoms with van der Waals surface area (Å²) in [6, 6.07) is 7.35. The van der Waals surface area contributed by atoms with E-state index in [1.54, 1.807) is 7.05 Å². The van der Waals surface area contributed by atoms with Crippen LogP contribution in [0, 0.1) is 18.6 Å². The normalized spacial score (nSPS) is 16.8. The molecule has 1 aromatic heterocycles. The van der Waals surface area contributed by atoms with Gasteiger partial charge in [-0.2, -0.15) is 0 Å². The van der Waals surface area contributed by atoms with Crippen LogP contribution in [0.4, 0.5) is 8.78 Å². The van der Waals surface area contributed by atoms with Crippen LogP contribution in [0.1, 0.15) is 23.1 Å². The Labute approximate surface area is 163 Å². The Morgan fingerprint density at radius 3 is 2.64 bits per heavy atom. The first-order valence-electron chi connectivity index (χ1n) is 9.33. The number of aryl methyl sites for hydroxylation is 1. The zero-order chi connectivity index (χ0) is 19.9. The molecule has 1 atom stereocenters. The highest BCUT2D eigenvalue weighted by atomic mass is 19.1. The van der Waals surface area contributed by atoms with E-state index in [0.717, 1.165) is 36.7 Å². The number of furan rings is 1. The molecular weight excluding hydrogens is 366 g/mol. The molecule has 1 unspecified atom stereocenters. The third-order valence-electron chi connectivity index (χ3n) is 4.72. The number of hydrogen-bond acceptors (Lipinski definition) is 4. The van der Waals surface area contributed by atoms with Gasteiger partial charge in [-0.05, 0) is 37.3 Å². The van der Waals surface area contributed by atoms with Crippen LogP contribution in [0.15, 0.2) is 39.7 Å². The molecule has 1 aliphatic rings. The lowest BCUT2D eigenvalue weighted by Crippen LogP contribution is -2.46. The van der Waals surface area contributed by atoms with Gasteiger partial charge in [-0.15, -0.1) is 0 Å². The number of nitrogens with one attached hydrogen (secondary N) is 2. The van der Waals surface area contributed by atoms with Crippen molar-refractivity contribution in [3.8, 4) is 0 Å². The van der Waals surface area contributed by atoms with Crippen LogP contribution in [0.5, 0.6) is 0 Å². The highest BCUT2D eigenvalue weighted by molar-refractivity contribution is 5.79. The number of aliphatic imine (C=N–C) groups is 1. The number of rotatable bonds is 6. The lowest BCUT2D eigenvalue weighted by atomic mass is 10.1. The first kappa shape index (κ1) is 20.3. The van der Waals surface area contributed by atoms with Crippen molar-refractivity contribution in [1.82, 2.24) is 15.5 Å². The molecular formula is C20H26F2N4O2. The predicted octanol–water partition coefficient (Wildman–Crippen LogP) is 2.60. The van der Waals surface area contributed by atoms with Crippen LogP contribution >= 0.6 is 0 Å². The molecule has 1 saturated heterocycles. The minimum atomic E-state index is -0.471. The van der Waals surface area contributed by atoms with E-state index in [9.17, 15) is 8.78 Å². The maximum Gasteiger partial charge on any atom is 0.191 e. The van der Waals surface area contributed by atoms with Gasteiger partial charge in [0.25, 0.3) is 0 Å². The monoisotopic (exact) mass is 392 g/mol. The fourth-order valence-electron chi connectivity index (χ4n) is 3.20. The van der Waals surface area contributed by atoms with Crippen molar-refractivity contribution in [1.29, 1.82) is 0 Å². The van der Waals surface area contributed by atoms with Crippen LogP contribution in [0.3, 0.4) is 0 Å². The Morgan fingerprint density at radius 2 is 1.96 bits per heavy atom. The van der Waals surface area contributed by atoms with Crippen molar-refractivity contribution in [2.45, 2.75) is 19.5 Å². The van der Waals surface area contributed by atoms with Gasteiger partial charge in [0.1, 0.15) is 23.2 Å². The fourth-order valence-corrected chi connectivity index (χ4v) is 3.20. The predicted molar refractivity (Wildman–Crippen MR) is 103 cm³/mol. The van der Waals surface area contributed by atoms with Gasteiger partial charge in [-0.25, -0.2) is 8.78 Å². The van der Waals surface area contributed by atoms with E-state index in [1.807, 2.05) is 19.1 Å². The molecule has 8 heteroatoms. The zero-order valence-electron chi connectivity index (χ0n) is 16.2. The van der Waals surface area contributed by atoms with Crippen molar-refractivity contribution in [2.24, 2.45) is 4.99 Å². The van der Waals surface area contributed by atoms with Gasteiger partial charge < -0.3 is 19.8 Å². The first-order valence-corrected chi connectivity index (χ1v) is 9.33. The second-order valence-corrected chi connectivity index (χ2v) is 6.65. The lowest BCUT2D eigenvalue weighted by Gasteiger charge is -2.33. The summed E-state index contributed by atoms with van der Waals surface area (Å²) in [5.41, 5.74) is 0.245. The summed E-state index contributed by atoms with van der Waals surface area (Å²) >= 11 is 0. The maximum absolute atomic E-state index is 13.8. The van der Waals surface area contributed by atoms with Crippen molar-refractivity contribution in [2.75, 3.05) is 39.9 Å². The Morgan fingerprint density at radius 1 is 1.18 bits per heavy atom. The highest BCUT2D eigenvalue weighted by Crippen LogP contribution is 2.23. The van der Waals surface area contributed by atoms with Gasteiger partial charge in [-0.3, -0.25) is 9.89 Å². The summed E-state index contributed by atoms with van der Waals surface area (Å²) in [7, 11) is 1.64. The van der Waals surface area contributed by atoms with E-state index in [2.05, 4.69) is 20.5 Å². The van der Waals surface area contributed by atoms with Crippen molar-refractivity contribution < 1.29 is 17.9 Å². The average molecular weight is 392 g/mol. The second-order valence-electron chi connectivity index (χ2n) is 6.65. The van der Waals surface area contributed by atoms with Crippen LogP contribution in [0.25, 0.3) is 0 Å². The molecule has 152 valence electrons. The number of guanidine groups is 1. The molecule has 0 saturated carbocycles. The minimum Gasteiger partial charge on any atom is -0.465 e. The molecule has 0 spiro atoms. The number of halogens is 2. The van der Waals surface area contributed by atoms with E-state index in [0.29, 0.717) is 25.7 Å². The van der Waals surface area contributed by atoms with E-state index >= 15 is 0 Å². The largest absolute Gasteiger partial charge is 0.465 e. The van der Waals surface area contributed by atoms with E-state index in [4.69, 9.17) is 9.15 Å². The molecule has 1 fully saturated rings. The number of ether oxygens (including phenoxy) is 1. The molecule has 0 radical (unpaired) electrons. The van der Waals surface area contributed by atoms with Gasteiger partial charge in [0.15, 0.2) is 5.96 Å². The first-order chi connectivity index (χ1) is 13.6. The molecule has 3 rings (SSSR count). The van der Waals surface area contributed by atoms with E-state index in [1.165, 1.54) is 6.07 Å². The van der Waals surface area contributed by atoms with E-state index < -0.39 is 11.6 Å². The molecule has 28 heavy (non-hydrogen) atoms. The number of morpholine rings is 1. The average Bonchev–Trinajstić information content (AvgIpc) is 3.13. The SMILES string of the molecule is CN=C(NCc1cc(F)ccc1F)NCC(c1ccc(C)o1)N1CCOCC1. The number of benzene rings is 1. The molecule has 1 aliphatic heterocycles. The summed E-state index contributed by atoms with van der Waals surface area (Å²) in [5, 5.41) is 6.29. The standard InChI is InChI=1S/C20H26F2N4O2/c1-14-3-6-19(28-14)18(26-7-9-27-10-8-26)13-25-20(23-2)24-12-15-11-16(21)4-5-17(15)22/h3-6,11,18H,7-10,12-13H2,1-2H3,(H2,23,24,25). The third kappa shape index (κ3) is 5.30. The highest BCUT2D eigenvalue weighted by Gasteiger charge is 2.25. The topological polar surface area (TPSA) is 62.0 Å². The summed E-state index contributed by atoms with van der Waals surface area (Å²) < 4.78 is 38.4.